The highest BCUT2D eigenvalue weighted by Gasteiger charge is 2.29. The SMILES string of the molecule is COc1cccc(NC(=O)c2ccc3c(c2)CCCN3S(=O)(=O)c2ccc(Cl)cc2)c1. The fourth-order valence-electron chi connectivity index (χ4n) is 3.59. The lowest BCUT2D eigenvalue weighted by Gasteiger charge is -2.30. The van der Waals surface area contributed by atoms with Crippen LogP contribution < -0.4 is 14.4 Å². The van der Waals surface area contributed by atoms with Crippen molar-refractivity contribution in [3.8, 4) is 5.75 Å². The molecule has 3 aromatic rings. The molecular formula is C23H21ClN2O4S. The number of anilines is 2. The number of methoxy groups -OCH3 is 1. The van der Waals surface area contributed by atoms with E-state index < -0.39 is 10.0 Å². The smallest absolute Gasteiger partial charge is 0.264 e. The van der Waals surface area contributed by atoms with E-state index in [1.165, 1.54) is 16.4 Å². The molecule has 31 heavy (non-hydrogen) atoms. The van der Waals surface area contributed by atoms with E-state index in [9.17, 15) is 13.2 Å². The Morgan fingerprint density at radius 2 is 1.84 bits per heavy atom. The highest BCUT2D eigenvalue weighted by Crippen LogP contribution is 2.33. The van der Waals surface area contributed by atoms with Crippen LogP contribution in [-0.2, 0) is 16.4 Å². The van der Waals surface area contributed by atoms with Crippen molar-refractivity contribution in [2.24, 2.45) is 0 Å². The first-order chi connectivity index (χ1) is 14.9. The third-order valence-electron chi connectivity index (χ3n) is 5.15. The average Bonchev–Trinajstić information content (AvgIpc) is 2.78. The van der Waals surface area contributed by atoms with Gasteiger partial charge in [-0.1, -0.05) is 17.7 Å². The molecule has 0 aromatic heterocycles. The van der Waals surface area contributed by atoms with Gasteiger partial charge in [0.2, 0.25) is 0 Å². The number of benzene rings is 3. The Labute approximate surface area is 186 Å². The molecule has 1 heterocycles. The van der Waals surface area contributed by atoms with Crippen LogP contribution >= 0.6 is 11.6 Å². The molecule has 0 aliphatic carbocycles. The Hall–Kier alpha value is -3.03. The molecule has 1 amide bonds. The number of sulfonamides is 1. The summed E-state index contributed by atoms with van der Waals surface area (Å²) in [6.45, 7) is 0.382. The van der Waals surface area contributed by atoms with Gasteiger partial charge in [0.15, 0.2) is 0 Å². The molecule has 0 saturated carbocycles. The normalized spacial score (nSPS) is 13.4. The first-order valence-electron chi connectivity index (χ1n) is 9.75. The summed E-state index contributed by atoms with van der Waals surface area (Å²) >= 11 is 5.90. The lowest BCUT2D eigenvalue weighted by Crippen LogP contribution is -2.35. The molecule has 0 radical (unpaired) electrons. The Balaban J connectivity index is 1.61. The summed E-state index contributed by atoms with van der Waals surface area (Å²) in [5.74, 6) is 0.375. The van der Waals surface area contributed by atoms with Crippen molar-refractivity contribution in [3.05, 3.63) is 82.9 Å². The van der Waals surface area contributed by atoms with E-state index >= 15 is 0 Å². The lowest BCUT2D eigenvalue weighted by molar-refractivity contribution is 0.102. The van der Waals surface area contributed by atoms with Gasteiger partial charge in [-0.3, -0.25) is 9.10 Å². The van der Waals surface area contributed by atoms with Crippen LogP contribution in [-0.4, -0.2) is 28.0 Å². The number of halogens is 1. The number of nitrogens with zero attached hydrogens (tertiary/aromatic N) is 1. The van der Waals surface area contributed by atoms with E-state index in [1.54, 1.807) is 61.7 Å². The van der Waals surface area contributed by atoms with Gasteiger partial charge in [-0.2, -0.15) is 0 Å². The minimum atomic E-state index is -3.72. The first-order valence-corrected chi connectivity index (χ1v) is 11.6. The Morgan fingerprint density at radius 3 is 2.58 bits per heavy atom. The summed E-state index contributed by atoms with van der Waals surface area (Å²) in [6, 6.07) is 18.3. The molecule has 0 unspecified atom stereocenters. The Kier molecular flexibility index (Phi) is 5.89. The number of amides is 1. The van der Waals surface area contributed by atoms with Crippen LogP contribution in [0.5, 0.6) is 5.75 Å². The van der Waals surface area contributed by atoms with Crippen LogP contribution in [0.2, 0.25) is 5.02 Å². The van der Waals surface area contributed by atoms with Crippen LogP contribution in [0.4, 0.5) is 11.4 Å². The second kappa shape index (κ2) is 8.61. The van der Waals surface area contributed by atoms with E-state index in [1.807, 2.05) is 0 Å². The molecule has 3 aromatic carbocycles. The van der Waals surface area contributed by atoms with Crippen LogP contribution in [0.3, 0.4) is 0 Å². The largest absolute Gasteiger partial charge is 0.497 e. The van der Waals surface area contributed by atoms with Gasteiger partial charge in [0.1, 0.15) is 5.75 Å². The fraction of sp³-hybridized carbons (Fsp3) is 0.174. The average molecular weight is 457 g/mol. The van der Waals surface area contributed by atoms with E-state index in [4.69, 9.17) is 16.3 Å². The Morgan fingerprint density at radius 1 is 1.06 bits per heavy atom. The highest BCUT2D eigenvalue weighted by molar-refractivity contribution is 7.92. The summed E-state index contributed by atoms with van der Waals surface area (Å²) in [5.41, 5.74) is 2.50. The molecule has 0 saturated heterocycles. The quantitative estimate of drug-likeness (QED) is 0.601. The maximum atomic E-state index is 13.2. The van der Waals surface area contributed by atoms with E-state index in [0.717, 1.165) is 5.56 Å². The van der Waals surface area contributed by atoms with Crippen molar-refractivity contribution in [2.75, 3.05) is 23.3 Å². The number of hydrogen-bond donors (Lipinski definition) is 1. The minimum Gasteiger partial charge on any atom is -0.497 e. The molecule has 0 bridgehead atoms. The molecule has 1 N–H and O–H groups in total. The number of ether oxygens (including phenoxy) is 1. The van der Waals surface area contributed by atoms with Gasteiger partial charge in [-0.15, -0.1) is 0 Å². The van der Waals surface area contributed by atoms with Crippen LogP contribution in [0.1, 0.15) is 22.3 Å². The monoisotopic (exact) mass is 456 g/mol. The van der Waals surface area contributed by atoms with Gasteiger partial charge in [0, 0.05) is 28.9 Å². The molecule has 8 heteroatoms. The molecule has 0 spiro atoms. The molecule has 4 rings (SSSR count). The highest BCUT2D eigenvalue weighted by atomic mass is 35.5. The number of nitrogens with one attached hydrogen (secondary N) is 1. The van der Waals surface area contributed by atoms with Gasteiger partial charge in [-0.25, -0.2) is 8.42 Å². The fourth-order valence-corrected chi connectivity index (χ4v) is 5.26. The minimum absolute atomic E-state index is 0.185. The molecule has 0 fully saturated rings. The van der Waals surface area contributed by atoms with Gasteiger partial charge < -0.3 is 10.1 Å². The van der Waals surface area contributed by atoms with Crippen molar-refractivity contribution < 1.29 is 17.9 Å². The van der Waals surface area contributed by atoms with Crippen molar-refractivity contribution in [1.29, 1.82) is 0 Å². The zero-order valence-electron chi connectivity index (χ0n) is 16.8. The summed E-state index contributed by atoms with van der Waals surface area (Å²) < 4.78 is 32.9. The summed E-state index contributed by atoms with van der Waals surface area (Å²) in [7, 11) is -2.16. The maximum absolute atomic E-state index is 13.2. The van der Waals surface area contributed by atoms with Crippen molar-refractivity contribution in [3.63, 3.8) is 0 Å². The van der Waals surface area contributed by atoms with Gasteiger partial charge in [0.05, 0.1) is 17.7 Å². The molecular weight excluding hydrogens is 436 g/mol. The van der Waals surface area contributed by atoms with Gasteiger partial charge in [0.25, 0.3) is 15.9 Å². The first kappa shape index (κ1) is 21.2. The number of aryl methyl sites for hydroxylation is 1. The summed E-state index contributed by atoms with van der Waals surface area (Å²) in [5, 5.41) is 3.33. The third kappa shape index (κ3) is 4.38. The van der Waals surface area contributed by atoms with Crippen molar-refractivity contribution in [1.82, 2.24) is 0 Å². The standard InChI is InChI=1S/C23H21ClN2O4S/c1-30-20-6-2-5-19(15-20)25-23(27)17-7-12-22-16(14-17)4-3-13-26(22)31(28,29)21-10-8-18(24)9-11-21/h2,5-12,14-15H,3-4,13H2,1H3,(H,25,27). The van der Waals surface area contributed by atoms with E-state index in [2.05, 4.69) is 5.32 Å². The number of rotatable bonds is 5. The van der Waals surface area contributed by atoms with Gasteiger partial charge >= 0.3 is 0 Å². The van der Waals surface area contributed by atoms with Crippen molar-refractivity contribution in [2.45, 2.75) is 17.7 Å². The number of carbonyl (C=O) groups excluding carboxylic acids is 1. The molecule has 6 nitrogen and oxygen atoms in total. The van der Waals surface area contributed by atoms with Gasteiger partial charge in [-0.05, 0) is 73.0 Å². The summed E-state index contributed by atoms with van der Waals surface area (Å²) in [4.78, 5) is 12.9. The molecule has 0 atom stereocenters. The van der Waals surface area contributed by atoms with Crippen LogP contribution in [0.15, 0.2) is 71.6 Å². The van der Waals surface area contributed by atoms with E-state index in [0.29, 0.717) is 47.1 Å². The topological polar surface area (TPSA) is 75.7 Å². The van der Waals surface area contributed by atoms with Crippen LogP contribution in [0.25, 0.3) is 0 Å². The second-order valence-electron chi connectivity index (χ2n) is 7.16. The lowest BCUT2D eigenvalue weighted by atomic mass is 10.0. The van der Waals surface area contributed by atoms with Crippen LogP contribution in [0, 0.1) is 0 Å². The third-order valence-corrected chi connectivity index (χ3v) is 7.23. The number of carbonyl (C=O) groups is 1. The zero-order valence-corrected chi connectivity index (χ0v) is 18.4. The predicted molar refractivity (Wildman–Crippen MR) is 122 cm³/mol. The maximum Gasteiger partial charge on any atom is 0.264 e. The number of fused-ring (bicyclic) bond motifs is 1. The van der Waals surface area contributed by atoms with E-state index in [-0.39, 0.29) is 10.8 Å². The predicted octanol–water partition coefficient (Wildman–Crippen LogP) is 4.74. The summed E-state index contributed by atoms with van der Waals surface area (Å²) in [6.07, 6.45) is 1.36. The molecule has 160 valence electrons. The Bertz CT molecular complexity index is 1230. The number of hydrogen-bond acceptors (Lipinski definition) is 4. The zero-order chi connectivity index (χ0) is 22.0. The van der Waals surface area contributed by atoms with Crippen molar-refractivity contribution >= 4 is 38.9 Å². The molecule has 1 aliphatic rings. The second-order valence-corrected chi connectivity index (χ2v) is 9.46. The molecule has 1 aliphatic heterocycles.